The first-order chi connectivity index (χ1) is 10.2. The van der Waals surface area contributed by atoms with E-state index in [1.807, 2.05) is 0 Å². The molecule has 4 nitrogen and oxygen atoms in total. The Morgan fingerprint density at radius 3 is 2.95 bits per heavy atom. The monoisotopic (exact) mass is 287 g/mol. The number of para-hydroxylation sites is 1. The summed E-state index contributed by atoms with van der Waals surface area (Å²) in [5.41, 5.74) is 8.34. The molecule has 1 saturated heterocycles. The molecule has 0 radical (unpaired) electrons. The average Bonchev–Trinajstić information content (AvgIpc) is 2.91. The molecule has 0 aliphatic carbocycles. The van der Waals surface area contributed by atoms with Crippen molar-refractivity contribution in [3.05, 3.63) is 36.0 Å². The molecule has 1 unspecified atom stereocenters. The van der Waals surface area contributed by atoms with Crippen molar-refractivity contribution in [2.75, 3.05) is 19.7 Å². The minimum absolute atomic E-state index is 0.252. The number of rotatable bonds is 4. The molecule has 1 aliphatic rings. The Balaban J connectivity index is 1.82. The van der Waals surface area contributed by atoms with E-state index in [0.717, 1.165) is 26.2 Å². The minimum atomic E-state index is 0.252. The summed E-state index contributed by atoms with van der Waals surface area (Å²) in [6.07, 6.45) is 2.41. The molecule has 3 rings (SSSR count). The number of nitrogens with zero attached hydrogens (tertiary/aromatic N) is 2. The predicted molar refractivity (Wildman–Crippen MR) is 86.3 cm³/mol. The van der Waals surface area contributed by atoms with Crippen molar-refractivity contribution in [2.45, 2.75) is 39.1 Å². The van der Waals surface area contributed by atoms with Crippen LogP contribution in [0.3, 0.4) is 0 Å². The molecule has 0 amide bonds. The van der Waals surface area contributed by atoms with E-state index < -0.39 is 0 Å². The highest BCUT2D eigenvalue weighted by Gasteiger charge is 2.23. The first kappa shape index (κ1) is 14.6. The van der Waals surface area contributed by atoms with Gasteiger partial charge in [-0.2, -0.15) is 0 Å². The fourth-order valence-electron chi connectivity index (χ4n) is 3.20. The lowest BCUT2D eigenvalue weighted by Crippen LogP contribution is -2.47. The van der Waals surface area contributed by atoms with Crippen molar-refractivity contribution in [1.82, 2.24) is 9.47 Å². The Bertz CT molecular complexity index is 605. The summed E-state index contributed by atoms with van der Waals surface area (Å²) >= 11 is 0. The smallest absolute Gasteiger partial charge is 0.0881 e. The molecule has 2 heterocycles. The molecule has 1 aromatic carbocycles. The summed E-state index contributed by atoms with van der Waals surface area (Å²) < 4.78 is 8.26. The van der Waals surface area contributed by atoms with E-state index in [1.165, 1.54) is 16.5 Å². The van der Waals surface area contributed by atoms with Crippen LogP contribution in [0.25, 0.3) is 10.9 Å². The quantitative estimate of drug-likeness (QED) is 0.937. The summed E-state index contributed by atoms with van der Waals surface area (Å²) in [7, 11) is 0. The van der Waals surface area contributed by atoms with Gasteiger partial charge in [0.25, 0.3) is 0 Å². The van der Waals surface area contributed by atoms with Crippen LogP contribution in [0.2, 0.25) is 0 Å². The molecule has 2 N–H and O–H groups in total. The Morgan fingerprint density at radius 1 is 1.33 bits per heavy atom. The van der Waals surface area contributed by atoms with Gasteiger partial charge >= 0.3 is 0 Å². The van der Waals surface area contributed by atoms with Crippen molar-refractivity contribution in [2.24, 2.45) is 5.73 Å². The van der Waals surface area contributed by atoms with Crippen LogP contribution >= 0.6 is 0 Å². The topological polar surface area (TPSA) is 43.4 Å². The molecule has 1 fully saturated rings. The maximum absolute atomic E-state index is 5.96. The molecule has 1 atom stereocenters. The van der Waals surface area contributed by atoms with Gasteiger partial charge in [-0.05, 0) is 30.9 Å². The number of hydrogen-bond acceptors (Lipinski definition) is 3. The summed E-state index contributed by atoms with van der Waals surface area (Å²) in [4.78, 5) is 2.49. The van der Waals surface area contributed by atoms with Gasteiger partial charge < -0.3 is 15.0 Å². The highest BCUT2D eigenvalue weighted by Crippen LogP contribution is 2.21. The highest BCUT2D eigenvalue weighted by molar-refractivity contribution is 5.83. The first-order valence-corrected chi connectivity index (χ1v) is 7.81. The van der Waals surface area contributed by atoms with E-state index in [1.54, 1.807) is 0 Å². The number of nitrogens with two attached hydrogens (primary N) is 1. The number of aromatic nitrogens is 1. The first-order valence-electron chi connectivity index (χ1n) is 7.81. The molecule has 0 saturated carbocycles. The van der Waals surface area contributed by atoms with Crippen LogP contribution in [0.4, 0.5) is 0 Å². The van der Waals surface area contributed by atoms with E-state index in [2.05, 4.69) is 53.8 Å². The molecule has 21 heavy (non-hydrogen) atoms. The molecule has 2 aromatic rings. The molecular weight excluding hydrogens is 262 g/mol. The van der Waals surface area contributed by atoms with Crippen molar-refractivity contribution in [1.29, 1.82) is 0 Å². The Kier molecular flexibility index (Phi) is 4.29. The Labute approximate surface area is 126 Å². The lowest BCUT2D eigenvalue weighted by molar-refractivity contribution is -0.0451. The number of ether oxygens (including phenoxy) is 1. The lowest BCUT2D eigenvalue weighted by atomic mass is 10.1. The van der Waals surface area contributed by atoms with E-state index in [9.17, 15) is 0 Å². The zero-order valence-corrected chi connectivity index (χ0v) is 13.0. The zero-order chi connectivity index (χ0) is 14.8. The third-order valence-electron chi connectivity index (χ3n) is 4.39. The van der Waals surface area contributed by atoms with Crippen molar-refractivity contribution in [3.8, 4) is 0 Å². The van der Waals surface area contributed by atoms with Gasteiger partial charge in [0.15, 0.2) is 0 Å². The fraction of sp³-hybridized carbons (Fsp3) is 0.529. The summed E-state index contributed by atoms with van der Waals surface area (Å²) in [6, 6.07) is 9.08. The molecule has 1 aliphatic heterocycles. The van der Waals surface area contributed by atoms with Crippen LogP contribution in [-0.2, 0) is 17.8 Å². The molecule has 114 valence electrons. The van der Waals surface area contributed by atoms with Crippen LogP contribution in [0.15, 0.2) is 30.5 Å². The van der Waals surface area contributed by atoms with Gasteiger partial charge in [-0.25, -0.2) is 0 Å². The van der Waals surface area contributed by atoms with E-state index >= 15 is 0 Å². The molecule has 4 heteroatoms. The zero-order valence-electron chi connectivity index (χ0n) is 13.0. The predicted octanol–water partition coefficient (Wildman–Crippen LogP) is 2.21. The van der Waals surface area contributed by atoms with E-state index in [0.29, 0.717) is 12.6 Å². The van der Waals surface area contributed by atoms with Crippen LogP contribution in [-0.4, -0.2) is 41.3 Å². The Morgan fingerprint density at radius 2 is 2.19 bits per heavy atom. The van der Waals surface area contributed by atoms with Gasteiger partial charge in [0.05, 0.1) is 24.8 Å². The van der Waals surface area contributed by atoms with Gasteiger partial charge in [0, 0.05) is 31.9 Å². The average molecular weight is 287 g/mol. The van der Waals surface area contributed by atoms with Crippen molar-refractivity contribution in [3.63, 3.8) is 0 Å². The standard InChI is InChI=1S/C17H25N3O/c1-13(2)19-8-9-21-16(11-19)12-20-7-6-14-4-3-5-15(10-18)17(14)20/h3-7,13,16H,8-12,18H2,1-2H3. The number of fused-ring (bicyclic) bond motifs is 1. The third-order valence-corrected chi connectivity index (χ3v) is 4.39. The van der Waals surface area contributed by atoms with Gasteiger partial charge in [-0.1, -0.05) is 18.2 Å². The van der Waals surface area contributed by atoms with E-state index in [-0.39, 0.29) is 6.10 Å². The molecule has 0 bridgehead atoms. The normalized spacial score (nSPS) is 20.5. The van der Waals surface area contributed by atoms with Crippen LogP contribution in [0, 0.1) is 0 Å². The molecule has 0 spiro atoms. The second kappa shape index (κ2) is 6.18. The minimum Gasteiger partial charge on any atom is -0.374 e. The fourth-order valence-corrected chi connectivity index (χ4v) is 3.20. The highest BCUT2D eigenvalue weighted by atomic mass is 16.5. The van der Waals surface area contributed by atoms with Gasteiger partial charge in [-0.3, -0.25) is 4.90 Å². The lowest BCUT2D eigenvalue weighted by Gasteiger charge is -2.35. The summed E-state index contributed by atoms with van der Waals surface area (Å²) in [5, 5.41) is 1.26. The van der Waals surface area contributed by atoms with Gasteiger partial charge in [0.1, 0.15) is 0 Å². The second-order valence-corrected chi connectivity index (χ2v) is 6.11. The summed E-state index contributed by atoms with van der Waals surface area (Å²) in [5.74, 6) is 0. The molecular formula is C17H25N3O. The van der Waals surface area contributed by atoms with Crippen LogP contribution in [0.5, 0.6) is 0 Å². The maximum atomic E-state index is 5.96. The SMILES string of the molecule is CC(C)N1CCOC(Cn2ccc3cccc(CN)c32)C1. The third kappa shape index (κ3) is 2.98. The van der Waals surface area contributed by atoms with Crippen molar-refractivity contribution >= 4 is 10.9 Å². The van der Waals surface area contributed by atoms with Gasteiger partial charge in [0.2, 0.25) is 0 Å². The van der Waals surface area contributed by atoms with Crippen LogP contribution in [0.1, 0.15) is 19.4 Å². The Hall–Kier alpha value is -1.36. The number of hydrogen-bond donors (Lipinski definition) is 1. The summed E-state index contributed by atoms with van der Waals surface area (Å²) in [6.45, 7) is 8.83. The van der Waals surface area contributed by atoms with Crippen LogP contribution < -0.4 is 5.73 Å². The largest absolute Gasteiger partial charge is 0.374 e. The van der Waals surface area contributed by atoms with Gasteiger partial charge in [-0.15, -0.1) is 0 Å². The number of benzene rings is 1. The molecule has 1 aromatic heterocycles. The van der Waals surface area contributed by atoms with Crippen molar-refractivity contribution < 1.29 is 4.74 Å². The second-order valence-electron chi connectivity index (χ2n) is 6.11. The van der Waals surface area contributed by atoms with E-state index in [4.69, 9.17) is 10.5 Å². The number of morpholine rings is 1. The maximum Gasteiger partial charge on any atom is 0.0881 e.